The monoisotopic (exact) mass is 451 g/mol. The summed E-state index contributed by atoms with van der Waals surface area (Å²) < 4.78 is 26.6. The van der Waals surface area contributed by atoms with E-state index in [4.69, 9.17) is 0 Å². The molecule has 0 aliphatic heterocycles. The maximum atomic E-state index is 12.6. The first-order valence-corrected chi connectivity index (χ1v) is 12.3. The van der Waals surface area contributed by atoms with Crippen LogP contribution in [0.2, 0.25) is 0 Å². The van der Waals surface area contributed by atoms with Crippen molar-refractivity contribution in [3.8, 4) is 0 Å². The Labute approximate surface area is 182 Å². The van der Waals surface area contributed by atoms with Crippen LogP contribution in [0.15, 0.2) is 41.8 Å². The van der Waals surface area contributed by atoms with Crippen molar-refractivity contribution in [2.75, 3.05) is 0 Å². The summed E-state index contributed by atoms with van der Waals surface area (Å²) in [5.41, 5.74) is 1.51. The van der Waals surface area contributed by atoms with E-state index in [1.807, 2.05) is 19.2 Å². The largest absolute Gasteiger partial charge is 0.350 e. The first kappa shape index (κ1) is 24.0. The molecule has 1 heterocycles. The van der Waals surface area contributed by atoms with Crippen LogP contribution >= 0.6 is 11.3 Å². The molecule has 30 heavy (non-hydrogen) atoms. The Kier molecular flexibility index (Phi) is 8.57. The molecular weight excluding hydrogens is 422 g/mol. The van der Waals surface area contributed by atoms with Crippen molar-refractivity contribution >= 4 is 33.2 Å². The third kappa shape index (κ3) is 7.55. The lowest BCUT2D eigenvalue weighted by Crippen LogP contribution is -2.49. The van der Waals surface area contributed by atoms with E-state index < -0.39 is 16.1 Å². The molecule has 0 aliphatic rings. The van der Waals surface area contributed by atoms with Crippen molar-refractivity contribution < 1.29 is 18.0 Å². The van der Waals surface area contributed by atoms with E-state index in [1.165, 1.54) is 11.3 Å². The summed E-state index contributed by atoms with van der Waals surface area (Å²) in [7, 11) is -3.38. The van der Waals surface area contributed by atoms with Crippen molar-refractivity contribution in [1.82, 2.24) is 15.4 Å². The standard InChI is InChI=1S/C21H29N3O4S2/c1-14(2)19(23-20(25)18-6-5-11-29-18)21(26)22-12-16-7-9-17(10-8-16)13-30(27,28)24-15(3)4/h5-11,14-15,19,24H,12-13H2,1-4H3,(H,22,26)(H,23,25). The van der Waals surface area contributed by atoms with Crippen molar-refractivity contribution in [2.24, 2.45) is 5.92 Å². The number of amides is 2. The SMILES string of the molecule is CC(C)NS(=O)(=O)Cc1ccc(CNC(=O)C(NC(=O)c2cccs2)C(C)C)cc1. The fourth-order valence-electron chi connectivity index (χ4n) is 2.83. The van der Waals surface area contributed by atoms with Gasteiger partial charge in [-0.2, -0.15) is 0 Å². The zero-order valence-corrected chi connectivity index (χ0v) is 19.3. The van der Waals surface area contributed by atoms with Crippen molar-refractivity contribution in [2.45, 2.75) is 52.1 Å². The summed E-state index contributed by atoms with van der Waals surface area (Å²) in [5, 5.41) is 7.45. The quantitative estimate of drug-likeness (QED) is 0.516. The second-order valence-corrected chi connectivity index (χ2v) is 10.4. The van der Waals surface area contributed by atoms with E-state index in [0.717, 1.165) is 5.56 Å². The number of hydrogen-bond acceptors (Lipinski definition) is 5. The molecule has 0 aliphatic carbocycles. The molecule has 164 valence electrons. The Hall–Kier alpha value is -2.23. The van der Waals surface area contributed by atoms with E-state index in [9.17, 15) is 18.0 Å². The zero-order chi connectivity index (χ0) is 22.3. The third-order valence-corrected chi connectivity index (χ3v) is 6.65. The molecule has 0 bridgehead atoms. The lowest BCUT2D eigenvalue weighted by Gasteiger charge is -2.21. The molecule has 1 unspecified atom stereocenters. The van der Waals surface area contributed by atoms with Crippen LogP contribution < -0.4 is 15.4 Å². The number of thiophene rings is 1. The molecule has 2 amide bonds. The molecular formula is C21H29N3O4S2. The van der Waals surface area contributed by atoms with E-state index in [2.05, 4.69) is 15.4 Å². The van der Waals surface area contributed by atoms with Crippen LogP contribution in [0.4, 0.5) is 0 Å². The van der Waals surface area contributed by atoms with Crippen LogP contribution in [0.5, 0.6) is 0 Å². The summed E-state index contributed by atoms with van der Waals surface area (Å²) in [6, 6.07) is 9.75. The maximum Gasteiger partial charge on any atom is 0.262 e. The molecule has 0 spiro atoms. The van der Waals surface area contributed by atoms with Gasteiger partial charge in [0, 0.05) is 12.6 Å². The Balaban J connectivity index is 1.93. The molecule has 0 fully saturated rings. The molecule has 0 radical (unpaired) electrons. The second-order valence-electron chi connectivity index (χ2n) is 7.74. The summed E-state index contributed by atoms with van der Waals surface area (Å²) in [6.07, 6.45) is 0. The predicted octanol–water partition coefficient (Wildman–Crippen LogP) is 2.65. The highest BCUT2D eigenvalue weighted by Gasteiger charge is 2.24. The van der Waals surface area contributed by atoms with Crippen LogP contribution in [-0.4, -0.2) is 32.3 Å². The van der Waals surface area contributed by atoms with E-state index in [-0.39, 0.29) is 36.1 Å². The lowest BCUT2D eigenvalue weighted by atomic mass is 10.0. The summed E-state index contributed by atoms with van der Waals surface area (Å²) in [5.74, 6) is -0.695. The maximum absolute atomic E-state index is 12.6. The van der Waals surface area contributed by atoms with E-state index in [1.54, 1.807) is 50.2 Å². The molecule has 3 N–H and O–H groups in total. The van der Waals surface area contributed by atoms with Crippen LogP contribution in [0.1, 0.15) is 48.5 Å². The van der Waals surface area contributed by atoms with Crippen molar-refractivity contribution in [1.29, 1.82) is 0 Å². The minimum absolute atomic E-state index is 0.0741. The van der Waals surface area contributed by atoms with Gasteiger partial charge in [-0.15, -0.1) is 11.3 Å². The molecule has 0 saturated carbocycles. The number of hydrogen-bond donors (Lipinski definition) is 3. The minimum Gasteiger partial charge on any atom is -0.350 e. The second kappa shape index (κ2) is 10.7. The van der Waals surface area contributed by atoms with Gasteiger partial charge >= 0.3 is 0 Å². The third-order valence-electron chi connectivity index (χ3n) is 4.24. The number of carbonyl (C=O) groups excluding carboxylic acids is 2. The molecule has 9 heteroatoms. The molecule has 2 aromatic rings. The highest BCUT2D eigenvalue weighted by molar-refractivity contribution is 7.88. The Morgan fingerprint density at radius 3 is 2.17 bits per heavy atom. The molecule has 2 rings (SSSR count). The van der Waals surface area contributed by atoms with E-state index in [0.29, 0.717) is 10.4 Å². The van der Waals surface area contributed by atoms with Gasteiger partial charge in [-0.05, 0) is 42.3 Å². The average molecular weight is 452 g/mol. The van der Waals surface area contributed by atoms with Gasteiger partial charge in [0.1, 0.15) is 6.04 Å². The number of rotatable bonds is 10. The number of benzene rings is 1. The van der Waals surface area contributed by atoms with Gasteiger partial charge in [0.05, 0.1) is 10.6 Å². The Bertz CT molecular complexity index is 937. The topological polar surface area (TPSA) is 104 Å². The van der Waals surface area contributed by atoms with Gasteiger partial charge in [0.15, 0.2) is 0 Å². The Morgan fingerprint density at radius 1 is 1.00 bits per heavy atom. The van der Waals surface area contributed by atoms with Gasteiger partial charge in [0.2, 0.25) is 15.9 Å². The molecule has 1 atom stereocenters. The van der Waals surface area contributed by atoms with Gasteiger partial charge in [-0.25, -0.2) is 13.1 Å². The van der Waals surface area contributed by atoms with Crippen LogP contribution in [-0.2, 0) is 27.1 Å². The van der Waals surface area contributed by atoms with Crippen LogP contribution in [0.3, 0.4) is 0 Å². The molecule has 7 nitrogen and oxygen atoms in total. The molecule has 1 aromatic heterocycles. The van der Waals surface area contributed by atoms with Crippen molar-refractivity contribution in [3.05, 3.63) is 57.8 Å². The normalized spacial score (nSPS) is 12.7. The van der Waals surface area contributed by atoms with Gasteiger partial charge in [-0.1, -0.05) is 44.2 Å². The smallest absolute Gasteiger partial charge is 0.262 e. The van der Waals surface area contributed by atoms with Gasteiger partial charge in [-0.3, -0.25) is 9.59 Å². The average Bonchev–Trinajstić information content (AvgIpc) is 3.18. The molecule has 1 aromatic carbocycles. The zero-order valence-electron chi connectivity index (χ0n) is 17.6. The fraction of sp³-hybridized carbons (Fsp3) is 0.429. The van der Waals surface area contributed by atoms with Crippen LogP contribution in [0.25, 0.3) is 0 Å². The van der Waals surface area contributed by atoms with E-state index >= 15 is 0 Å². The van der Waals surface area contributed by atoms with Gasteiger partial charge < -0.3 is 10.6 Å². The molecule has 0 saturated heterocycles. The lowest BCUT2D eigenvalue weighted by molar-refractivity contribution is -0.124. The Morgan fingerprint density at radius 2 is 1.63 bits per heavy atom. The minimum atomic E-state index is -3.38. The van der Waals surface area contributed by atoms with Gasteiger partial charge in [0.25, 0.3) is 5.91 Å². The summed E-state index contributed by atoms with van der Waals surface area (Å²) in [6.45, 7) is 7.58. The highest BCUT2D eigenvalue weighted by atomic mass is 32.2. The van der Waals surface area contributed by atoms with Crippen LogP contribution in [0, 0.1) is 5.92 Å². The summed E-state index contributed by atoms with van der Waals surface area (Å²) in [4.78, 5) is 25.5. The highest BCUT2D eigenvalue weighted by Crippen LogP contribution is 2.11. The summed E-state index contributed by atoms with van der Waals surface area (Å²) >= 11 is 1.32. The van der Waals surface area contributed by atoms with Crippen molar-refractivity contribution in [3.63, 3.8) is 0 Å². The first-order chi connectivity index (χ1) is 14.1. The first-order valence-electron chi connectivity index (χ1n) is 9.77. The fourth-order valence-corrected chi connectivity index (χ4v) is 4.89. The number of nitrogens with one attached hydrogen (secondary N) is 3. The number of carbonyl (C=O) groups is 2. The number of sulfonamides is 1. The predicted molar refractivity (Wildman–Crippen MR) is 120 cm³/mol.